The van der Waals surface area contributed by atoms with Crippen LogP contribution in [-0.4, -0.2) is 49.0 Å². The van der Waals surface area contributed by atoms with Crippen LogP contribution in [0.3, 0.4) is 0 Å². The molecular weight excluding hydrogens is 330 g/mol. The van der Waals surface area contributed by atoms with Crippen LogP contribution in [0.4, 0.5) is 0 Å². The van der Waals surface area contributed by atoms with Crippen molar-refractivity contribution >= 4 is 33.2 Å². The zero-order valence-electron chi connectivity index (χ0n) is 10.9. The summed E-state index contributed by atoms with van der Waals surface area (Å²) in [7, 11) is 1.60. The lowest BCUT2D eigenvalue weighted by Gasteiger charge is -2.31. The third-order valence-electron chi connectivity index (χ3n) is 3.20. The average molecular weight is 348 g/mol. The van der Waals surface area contributed by atoms with Crippen LogP contribution in [0.5, 0.6) is 5.75 Å². The highest BCUT2D eigenvalue weighted by molar-refractivity contribution is 9.09. The molecule has 1 aromatic rings. The maximum absolute atomic E-state index is 12.4. The van der Waals surface area contributed by atoms with Crippen molar-refractivity contribution in [2.75, 3.05) is 32.1 Å². The molecule has 6 heteroatoms. The second-order valence-electron chi connectivity index (χ2n) is 4.37. The molecule has 0 saturated carbocycles. The number of nitrogens with zero attached hydrogens (tertiary/aromatic N) is 1. The Morgan fingerprint density at radius 2 is 2.26 bits per heavy atom. The summed E-state index contributed by atoms with van der Waals surface area (Å²) >= 11 is 4.79. The number of hydrogen-bond donors (Lipinski definition) is 0. The van der Waals surface area contributed by atoms with Gasteiger partial charge in [-0.2, -0.15) is 0 Å². The van der Waals surface area contributed by atoms with Crippen LogP contribution in [0.25, 0.3) is 0 Å². The maximum Gasteiger partial charge on any atom is 0.267 e. The second kappa shape index (κ2) is 7.26. The molecule has 0 aliphatic carbocycles. The summed E-state index contributed by atoms with van der Waals surface area (Å²) in [5, 5.41) is 2.75. The first kappa shape index (κ1) is 14.8. The van der Waals surface area contributed by atoms with Crippen LogP contribution in [0.2, 0.25) is 0 Å². The van der Waals surface area contributed by atoms with Gasteiger partial charge in [0.2, 0.25) is 0 Å². The van der Waals surface area contributed by atoms with Gasteiger partial charge in [0, 0.05) is 18.4 Å². The molecule has 1 fully saturated rings. The molecule has 0 N–H and O–H groups in total. The first-order chi connectivity index (χ1) is 9.26. The minimum atomic E-state index is 0.0748. The highest BCUT2D eigenvalue weighted by Gasteiger charge is 2.26. The van der Waals surface area contributed by atoms with E-state index in [0.29, 0.717) is 10.6 Å². The fraction of sp³-hybridized carbons (Fsp3) is 0.615. The number of likely N-dealkylation sites (tertiary alicyclic amines) is 1. The number of amides is 1. The number of alkyl halides is 1. The van der Waals surface area contributed by atoms with Gasteiger partial charge < -0.3 is 14.4 Å². The summed E-state index contributed by atoms with van der Waals surface area (Å²) in [6, 6.07) is 1.84. The molecule has 1 aromatic heterocycles. The smallest absolute Gasteiger partial charge is 0.267 e. The van der Waals surface area contributed by atoms with E-state index < -0.39 is 0 Å². The summed E-state index contributed by atoms with van der Waals surface area (Å²) in [6.45, 7) is 2.25. The number of halogens is 1. The Morgan fingerprint density at radius 3 is 2.89 bits per heavy atom. The predicted octanol–water partition coefficient (Wildman–Crippen LogP) is 2.77. The third kappa shape index (κ3) is 3.70. The lowest BCUT2D eigenvalue weighted by Crippen LogP contribution is -2.40. The lowest BCUT2D eigenvalue weighted by molar-refractivity contribution is 0.0161. The number of thiophene rings is 1. The minimum Gasteiger partial charge on any atom is -0.495 e. The summed E-state index contributed by atoms with van der Waals surface area (Å²) < 4.78 is 10.9. The molecule has 4 nitrogen and oxygen atoms in total. The van der Waals surface area contributed by atoms with Crippen LogP contribution < -0.4 is 4.74 Å². The van der Waals surface area contributed by atoms with E-state index in [1.54, 1.807) is 7.11 Å². The number of rotatable bonds is 5. The zero-order valence-corrected chi connectivity index (χ0v) is 13.3. The first-order valence-corrected chi connectivity index (χ1v) is 8.34. The van der Waals surface area contributed by atoms with Crippen molar-refractivity contribution in [1.29, 1.82) is 0 Å². The molecule has 0 spiro atoms. The molecule has 19 heavy (non-hydrogen) atoms. The Hall–Kier alpha value is -0.590. The van der Waals surface area contributed by atoms with Gasteiger partial charge in [-0.3, -0.25) is 4.79 Å². The van der Waals surface area contributed by atoms with E-state index in [2.05, 4.69) is 15.9 Å². The Kier molecular flexibility index (Phi) is 5.66. The van der Waals surface area contributed by atoms with Crippen molar-refractivity contribution in [2.24, 2.45) is 0 Å². The molecule has 0 atom stereocenters. The van der Waals surface area contributed by atoms with Crippen LogP contribution in [0.15, 0.2) is 11.4 Å². The molecule has 2 heterocycles. The third-order valence-corrected chi connectivity index (χ3v) is 4.41. The lowest BCUT2D eigenvalue weighted by atomic mass is 10.1. The highest BCUT2D eigenvalue weighted by atomic mass is 79.9. The number of ether oxygens (including phenoxy) is 2. The molecular formula is C13H18BrNO3S. The van der Waals surface area contributed by atoms with Gasteiger partial charge in [-0.25, -0.2) is 0 Å². The van der Waals surface area contributed by atoms with Crippen LogP contribution in [0, 0.1) is 0 Å². The predicted molar refractivity (Wildman–Crippen MR) is 79.5 cm³/mol. The van der Waals surface area contributed by atoms with Crippen molar-refractivity contribution in [2.45, 2.75) is 18.9 Å². The Labute approximate surface area is 125 Å². The maximum atomic E-state index is 12.4. The summed E-state index contributed by atoms with van der Waals surface area (Å²) in [6.07, 6.45) is 2.10. The van der Waals surface area contributed by atoms with Crippen molar-refractivity contribution in [3.8, 4) is 5.75 Å². The number of carbonyl (C=O) groups is 1. The van der Waals surface area contributed by atoms with Crippen molar-refractivity contribution < 1.29 is 14.3 Å². The van der Waals surface area contributed by atoms with E-state index in [9.17, 15) is 4.79 Å². The monoisotopic (exact) mass is 347 g/mol. The van der Waals surface area contributed by atoms with E-state index in [-0.39, 0.29) is 12.0 Å². The van der Waals surface area contributed by atoms with Crippen molar-refractivity contribution in [3.63, 3.8) is 0 Å². The topological polar surface area (TPSA) is 38.8 Å². The average Bonchev–Trinajstić information content (AvgIpc) is 2.93. The molecule has 0 unspecified atom stereocenters. The molecule has 106 valence electrons. The van der Waals surface area contributed by atoms with Gasteiger partial charge in [-0.05, 0) is 24.3 Å². The quantitative estimate of drug-likeness (QED) is 0.768. The van der Waals surface area contributed by atoms with Crippen LogP contribution in [0.1, 0.15) is 22.5 Å². The largest absolute Gasteiger partial charge is 0.495 e. The van der Waals surface area contributed by atoms with Gasteiger partial charge >= 0.3 is 0 Å². The normalized spacial score (nSPS) is 16.6. The SMILES string of the molecule is COc1ccsc1C(=O)N1CCC(OCCBr)CC1. The van der Waals surface area contributed by atoms with E-state index in [4.69, 9.17) is 9.47 Å². The number of methoxy groups -OCH3 is 1. The number of hydrogen-bond acceptors (Lipinski definition) is 4. The standard InChI is InChI=1S/C13H18BrNO3S/c1-17-11-4-9-19-12(11)13(16)15-6-2-10(3-7-15)18-8-5-14/h4,9-10H,2-3,5-8H2,1H3. The van der Waals surface area contributed by atoms with Gasteiger partial charge in [-0.1, -0.05) is 15.9 Å². The zero-order chi connectivity index (χ0) is 13.7. The molecule has 1 saturated heterocycles. The highest BCUT2D eigenvalue weighted by Crippen LogP contribution is 2.27. The molecule has 1 aliphatic heterocycles. The first-order valence-electron chi connectivity index (χ1n) is 6.34. The molecule has 1 aliphatic rings. The Bertz CT molecular complexity index is 416. The van der Waals surface area contributed by atoms with Crippen molar-refractivity contribution in [1.82, 2.24) is 4.90 Å². The van der Waals surface area contributed by atoms with Crippen molar-refractivity contribution in [3.05, 3.63) is 16.3 Å². The molecule has 0 aromatic carbocycles. The van der Waals surface area contributed by atoms with Gasteiger partial charge in [0.25, 0.3) is 5.91 Å². The van der Waals surface area contributed by atoms with Crippen LogP contribution >= 0.6 is 27.3 Å². The molecule has 2 rings (SSSR count). The number of carbonyl (C=O) groups excluding carboxylic acids is 1. The number of piperidine rings is 1. The van der Waals surface area contributed by atoms with Gasteiger partial charge in [0.1, 0.15) is 10.6 Å². The van der Waals surface area contributed by atoms with E-state index >= 15 is 0 Å². The van der Waals surface area contributed by atoms with E-state index in [0.717, 1.165) is 37.9 Å². The molecule has 0 radical (unpaired) electrons. The van der Waals surface area contributed by atoms with Crippen LogP contribution in [-0.2, 0) is 4.74 Å². The fourth-order valence-electron chi connectivity index (χ4n) is 2.19. The Morgan fingerprint density at radius 1 is 1.53 bits per heavy atom. The van der Waals surface area contributed by atoms with Gasteiger partial charge in [0.05, 0.1) is 19.8 Å². The van der Waals surface area contributed by atoms with E-state index in [1.165, 1.54) is 11.3 Å². The molecule has 0 bridgehead atoms. The fourth-order valence-corrected chi connectivity index (χ4v) is 3.21. The summed E-state index contributed by atoms with van der Waals surface area (Å²) in [4.78, 5) is 15.0. The van der Waals surface area contributed by atoms with E-state index in [1.807, 2.05) is 16.3 Å². The molecule has 1 amide bonds. The summed E-state index contributed by atoms with van der Waals surface area (Å²) in [5.41, 5.74) is 0. The van der Waals surface area contributed by atoms with Gasteiger partial charge in [-0.15, -0.1) is 11.3 Å². The minimum absolute atomic E-state index is 0.0748. The Balaban J connectivity index is 1.89. The summed E-state index contributed by atoms with van der Waals surface area (Å²) in [5.74, 6) is 0.749. The second-order valence-corrected chi connectivity index (χ2v) is 6.08. The van der Waals surface area contributed by atoms with Gasteiger partial charge in [0.15, 0.2) is 0 Å².